The number of ether oxygens (including phenoxy) is 1. The van der Waals surface area contributed by atoms with Crippen LogP contribution in [0.2, 0.25) is 0 Å². The summed E-state index contributed by atoms with van der Waals surface area (Å²) in [5, 5.41) is 0. The van der Waals surface area contributed by atoms with E-state index in [-0.39, 0.29) is 23.5 Å². The first-order valence-electron chi connectivity index (χ1n) is 2.89. The Hall–Kier alpha value is 0.210. The molecule has 0 saturated carbocycles. The monoisotopic (exact) mass is 151 g/mol. The number of rotatable bonds is 1. The average molecular weight is 152 g/mol. The van der Waals surface area contributed by atoms with E-state index in [1.54, 1.807) is 0 Å². The molecule has 1 aliphatic rings. The van der Waals surface area contributed by atoms with Crippen molar-refractivity contribution in [1.82, 2.24) is 0 Å². The van der Waals surface area contributed by atoms with Gasteiger partial charge in [-0.3, -0.25) is 0 Å². The van der Waals surface area contributed by atoms with Crippen molar-refractivity contribution in [3.63, 3.8) is 0 Å². The maximum atomic E-state index is 5.75. The lowest BCUT2D eigenvalue weighted by Crippen LogP contribution is -2.46. The fourth-order valence-electron chi connectivity index (χ4n) is 0.480. The number of hydrogen-bond donors (Lipinski definition) is 1. The smallest absolute Gasteiger partial charge is 0.106 e. The Morgan fingerprint density at radius 2 is 1.89 bits per heavy atom. The summed E-state index contributed by atoms with van der Waals surface area (Å²) in [5.41, 5.74) is 5.54. The summed E-state index contributed by atoms with van der Waals surface area (Å²) in [7, 11) is 0. The van der Waals surface area contributed by atoms with Gasteiger partial charge in [0.05, 0.1) is 6.61 Å². The second-order valence-electron chi connectivity index (χ2n) is 3.24. The summed E-state index contributed by atoms with van der Waals surface area (Å²) in [6.07, 6.45) is 0. The van der Waals surface area contributed by atoms with Gasteiger partial charge in [-0.2, -0.15) is 0 Å². The minimum Gasteiger partial charge on any atom is -0.368 e. The van der Waals surface area contributed by atoms with E-state index in [1.165, 1.54) is 0 Å². The maximum absolute atomic E-state index is 5.75. The molecule has 1 saturated heterocycles. The van der Waals surface area contributed by atoms with Gasteiger partial charge in [-0.1, -0.05) is 0 Å². The molecule has 0 radical (unpaired) electrons. The van der Waals surface area contributed by atoms with Crippen LogP contribution < -0.4 is 5.73 Å². The van der Waals surface area contributed by atoms with Crippen LogP contribution in [0.3, 0.4) is 0 Å². The highest BCUT2D eigenvalue weighted by atomic mass is 35.5. The van der Waals surface area contributed by atoms with Crippen molar-refractivity contribution >= 4 is 12.4 Å². The van der Waals surface area contributed by atoms with Crippen LogP contribution >= 0.6 is 12.4 Å². The van der Waals surface area contributed by atoms with Gasteiger partial charge in [0.25, 0.3) is 0 Å². The Morgan fingerprint density at radius 1 is 1.56 bits per heavy atom. The van der Waals surface area contributed by atoms with Crippen LogP contribution in [0, 0.1) is 0 Å². The topological polar surface area (TPSA) is 38.5 Å². The molecular weight excluding hydrogens is 138 g/mol. The number of nitrogens with two attached hydrogens (primary N) is 1. The van der Waals surface area contributed by atoms with E-state index in [9.17, 15) is 0 Å². The summed E-state index contributed by atoms with van der Waals surface area (Å²) in [6.45, 7) is 6.82. The van der Waals surface area contributed by atoms with Gasteiger partial charge >= 0.3 is 0 Å². The SMILES string of the molecule is CC(C)(N)C1(C)CO1.Cl. The summed E-state index contributed by atoms with van der Waals surface area (Å²) in [4.78, 5) is 0. The first-order valence-corrected chi connectivity index (χ1v) is 2.89. The van der Waals surface area contributed by atoms with E-state index >= 15 is 0 Å². The molecule has 0 bridgehead atoms. The molecule has 0 aromatic rings. The molecule has 1 fully saturated rings. The molecule has 9 heavy (non-hydrogen) atoms. The van der Waals surface area contributed by atoms with Crippen molar-refractivity contribution in [3.8, 4) is 0 Å². The molecule has 1 heterocycles. The van der Waals surface area contributed by atoms with E-state index in [4.69, 9.17) is 10.5 Å². The molecule has 1 atom stereocenters. The maximum Gasteiger partial charge on any atom is 0.106 e. The van der Waals surface area contributed by atoms with Crippen LogP contribution in [-0.2, 0) is 4.74 Å². The normalized spacial score (nSPS) is 33.3. The van der Waals surface area contributed by atoms with Crippen LogP contribution in [0.25, 0.3) is 0 Å². The zero-order valence-corrected chi connectivity index (χ0v) is 6.92. The van der Waals surface area contributed by atoms with Gasteiger partial charge in [-0.05, 0) is 20.8 Å². The standard InChI is InChI=1S/C6H13NO.ClH/c1-5(2,7)6(3)4-8-6;/h4,7H2,1-3H3;1H. The highest BCUT2D eigenvalue weighted by molar-refractivity contribution is 5.85. The van der Waals surface area contributed by atoms with Crippen LogP contribution in [-0.4, -0.2) is 17.7 Å². The van der Waals surface area contributed by atoms with Gasteiger partial charge in [0.15, 0.2) is 0 Å². The third-order valence-corrected chi connectivity index (χ3v) is 1.94. The second kappa shape index (κ2) is 2.11. The lowest BCUT2D eigenvalue weighted by Gasteiger charge is -2.22. The van der Waals surface area contributed by atoms with Crippen LogP contribution in [0.1, 0.15) is 20.8 Å². The van der Waals surface area contributed by atoms with Gasteiger partial charge < -0.3 is 10.5 Å². The summed E-state index contributed by atoms with van der Waals surface area (Å²) >= 11 is 0. The first kappa shape index (κ1) is 9.21. The van der Waals surface area contributed by atoms with Gasteiger partial charge in [-0.25, -0.2) is 0 Å². The summed E-state index contributed by atoms with van der Waals surface area (Å²) < 4.78 is 5.14. The first-order chi connectivity index (χ1) is 3.46. The molecule has 0 aromatic carbocycles. The van der Waals surface area contributed by atoms with Gasteiger partial charge in [0.2, 0.25) is 0 Å². The van der Waals surface area contributed by atoms with Crippen molar-refractivity contribution in [2.45, 2.75) is 31.9 Å². The fraction of sp³-hybridized carbons (Fsp3) is 1.00. The number of halogens is 1. The largest absolute Gasteiger partial charge is 0.368 e. The predicted octanol–water partition coefficient (Wildman–Crippen LogP) is 0.934. The van der Waals surface area contributed by atoms with E-state index in [0.717, 1.165) is 6.61 Å². The molecule has 0 spiro atoms. The quantitative estimate of drug-likeness (QED) is 0.567. The number of hydrogen-bond acceptors (Lipinski definition) is 2. The molecule has 1 aliphatic heterocycles. The Balaban J connectivity index is 0.000000640. The average Bonchev–Trinajstić information content (AvgIpc) is 2.16. The summed E-state index contributed by atoms with van der Waals surface area (Å²) in [5.74, 6) is 0. The molecule has 0 amide bonds. The predicted molar refractivity (Wildman–Crippen MR) is 39.9 cm³/mol. The van der Waals surface area contributed by atoms with Gasteiger partial charge in [0, 0.05) is 5.54 Å². The fourth-order valence-corrected chi connectivity index (χ4v) is 0.480. The van der Waals surface area contributed by atoms with Crippen LogP contribution in [0.5, 0.6) is 0 Å². The third-order valence-electron chi connectivity index (χ3n) is 1.94. The van der Waals surface area contributed by atoms with E-state index in [1.807, 2.05) is 20.8 Å². The highest BCUT2D eigenvalue weighted by Crippen LogP contribution is 2.35. The molecular formula is C6H14ClNO. The van der Waals surface area contributed by atoms with Crippen molar-refractivity contribution in [1.29, 1.82) is 0 Å². The van der Waals surface area contributed by atoms with E-state index in [0.29, 0.717) is 0 Å². The molecule has 2 nitrogen and oxygen atoms in total. The third kappa shape index (κ3) is 1.57. The summed E-state index contributed by atoms with van der Waals surface area (Å²) in [6, 6.07) is 0. The number of epoxide rings is 1. The lowest BCUT2D eigenvalue weighted by molar-refractivity contribution is 0.227. The van der Waals surface area contributed by atoms with Crippen molar-refractivity contribution in [2.24, 2.45) is 5.73 Å². The molecule has 1 unspecified atom stereocenters. The molecule has 0 aromatic heterocycles. The minimum absolute atomic E-state index is 0. The minimum atomic E-state index is -0.174. The van der Waals surface area contributed by atoms with Crippen LogP contribution in [0.4, 0.5) is 0 Å². The zero-order valence-electron chi connectivity index (χ0n) is 6.10. The van der Waals surface area contributed by atoms with Gasteiger partial charge in [0.1, 0.15) is 5.60 Å². The Kier molecular flexibility index (Phi) is 2.16. The highest BCUT2D eigenvalue weighted by Gasteiger charge is 2.50. The van der Waals surface area contributed by atoms with Gasteiger partial charge in [-0.15, -0.1) is 12.4 Å². The van der Waals surface area contributed by atoms with Crippen molar-refractivity contribution < 1.29 is 4.74 Å². The van der Waals surface area contributed by atoms with E-state index in [2.05, 4.69) is 0 Å². The van der Waals surface area contributed by atoms with E-state index < -0.39 is 0 Å². The molecule has 1 rings (SSSR count). The Labute approximate surface area is 62.2 Å². The Bertz CT molecular complexity index is 101. The second-order valence-corrected chi connectivity index (χ2v) is 3.24. The van der Waals surface area contributed by atoms with Crippen molar-refractivity contribution in [2.75, 3.05) is 6.61 Å². The zero-order chi connectivity index (χ0) is 6.41. The lowest BCUT2D eigenvalue weighted by atomic mass is 9.91. The van der Waals surface area contributed by atoms with Crippen LogP contribution in [0.15, 0.2) is 0 Å². The molecule has 3 heteroatoms. The molecule has 56 valence electrons. The molecule has 0 aliphatic carbocycles. The van der Waals surface area contributed by atoms with Crippen molar-refractivity contribution in [3.05, 3.63) is 0 Å². The molecule has 2 N–H and O–H groups in total. The Morgan fingerprint density at radius 3 is 1.89 bits per heavy atom.